The number of nitrogens with zero attached hydrogens (tertiary/aromatic N) is 1. The van der Waals surface area contributed by atoms with Crippen molar-refractivity contribution in [3.05, 3.63) is 52.9 Å². The van der Waals surface area contributed by atoms with E-state index in [1.165, 1.54) is 6.26 Å². The van der Waals surface area contributed by atoms with E-state index in [9.17, 15) is 4.79 Å². The van der Waals surface area contributed by atoms with Crippen LogP contribution >= 0.6 is 11.6 Å². The molecule has 1 spiro atoms. The molecule has 0 radical (unpaired) electrons. The summed E-state index contributed by atoms with van der Waals surface area (Å²) in [6.45, 7) is 4.01. The zero-order valence-electron chi connectivity index (χ0n) is 9.24. The maximum Gasteiger partial charge on any atom is 0.206 e. The highest BCUT2D eigenvalue weighted by atomic mass is 35.5. The summed E-state index contributed by atoms with van der Waals surface area (Å²) in [4.78, 5) is 13.0. The molecule has 2 heterocycles. The smallest absolute Gasteiger partial charge is 0.206 e. The van der Waals surface area contributed by atoms with Crippen LogP contribution in [0.1, 0.15) is 5.56 Å². The van der Waals surface area contributed by atoms with Crippen molar-refractivity contribution >= 4 is 23.6 Å². The molecule has 3 nitrogen and oxygen atoms in total. The van der Waals surface area contributed by atoms with Gasteiger partial charge < -0.3 is 9.64 Å². The fourth-order valence-corrected chi connectivity index (χ4v) is 2.60. The van der Waals surface area contributed by atoms with Crippen LogP contribution in [0.2, 0.25) is 5.02 Å². The number of benzene rings is 1. The molecule has 1 atom stereocenters. The van der Waals surface area contributed by atoms with E-state index in [2.05, 4.69) is 6.58 Å². The van der Waals surface area contributed by atoms with Gasteiger partial charge >= 0.3 is 0 Å². The van der Waals surface area contributed by atoms with Crippen molar-refractivity contribution in [3.63, 3.8) is 0 Å². The summed E-state index contributed by atoms with van der Waals surface area (Å²) in [5.41, 5.74) is 2.33. The first kappa shape index (κ1) is 10.4. The molecule has 0 amide bonds. The molecule has 0 aliphatic carbocycles. The van der Waals surface area contributed by atoms with Gasteiger partial charge in [0, 0.05) is 23.3 Å². The highest BCUT2D eigenvalue weighted by Gasteiger charge is 2.54. The Morgan fingerprint density at radius 1 is 1.53 bits per heavy atom. The number of rotatable bonds is 1. The Hall–Kier alpha value is -1.74. The molecular formula is C13H10ClNO2. The normalized spacial score (nSPS) is 25.2. The van der Waals surface area contributed by atoms with Gasteiger partial charge in [0.25, 0.3) is 0 Å². The number of hydrogen-bond acceptors (Lipinski definition) is 3. The molecule has 0 fully saturated rings. The van der Waals surface area contributed by atoms with Gasteiger partial charge in [0.15, 0.2) is 6.29 Å². The Bertz CT molecular complexity index is 579. The van der Waals surface area contributed by atoms with Gasteiger partial charge in [0.05, 0.1) is 17.5 Å². The monoisotopic (exact) mass is 247 g/mol. The Kier molecular flexibility index (Phi) is 1.92. The number of carbonyl (C=O) groups is 1. The zero-order valence-corrected chi connectivity index (χ0v) is 9.99. The minimum Gasteiger partial charge on any atom is -0.478 e. The van der Waals surface area contributed by atoms with E-state index in [-0.39, 0.29) is 0 Å². The molecular weight excluding hydrogens is 238 g/mol. The van der Waals surface area contributed by atoms with E-state index in [0.29, 0.717) is 10.6 Å². The van der Waals surface area contributed by atoms with E-state index >= 15 is 0 Å². The number of ether oxygens (including phenoxy) is 1. The molecule has 4 heteroatoms. The van der Waals surface area contributed by atoms with Crippen molar-refractivity contribution < 1.29 is 9.53 Å². The first-order valence-electron chi connectivity index (χ1n) is 5.18. The first-order chi connectivity index (χ1) is 8.11. The second-order valence-electron chi connectivity index (χ2n) is 4.16. The molecule has 0 saturated heterocycles. The Morgan fingerprint density at radius 2 is 2.29 bits per heavy atom. The van der Waals surface area contributed by atoms with Gasteiger partial charge in [-0.05, 0) is 18.2 Å². The lowest BCUT2D eigenvalue weighted by Gasteiger charge is -2.38. The third kappa shape index (κ3) is 1.05. The van der Waals surface area contributed by atoms with Crippen molar-refractivity contribution in [1.29, 1.82) is 0 Å². The van der Waals surface area contributed by atoms with E-state index in [1.807, 2.05) is 30.1 Å². The second kappa shape index (κ2) is 3.14. The fourth-order valence-electron chi connectivity index (χ4n) is 2.43. The molecule has 17 heavy (non-hydrogen) atoms. The van der Waals surface area contributed by atoms with E-state index in [0.717, 1.165) is 23.2 Å². The average molecular weight is 248 g/mol. The maximum atomic E-state index is 11.1. The molecule has 2 aliphatic rings. The van der Waals surface area contributed by atoms with Gasteiger partial charge in [-0.3, -0.25) is 4.79 Å². The lowest BCUT2D eigenvalue weighted by atomic mass is 9.83. The van der Waals surface area contributed by atoms with Crippen LogP contribution in [0.4, 0.5) is 5.69 Å². The largest absolute Gasteiger partial charge is 0.478 e. The van der Waals surface area contributed by atoms with Crippen LogP contribution in [0, 0.1) is 0 Å². The van der Waals surface area contributed by atoms with E-state index < -0.39 is 5.60 Å². The van der Waals surface area contributed by atoms with Crippen molar-refractivity contribution in [2.24, 2.45) is 0 Å². The van der Waals surface area contributed by atoms with Gasteiger partial charge in [-0.25, -0.2) is 0 Å². The van der Waals surface area contributed by atoms with E-state index in [1.54, 1.807) is 0 Å². The molecule has 0 unspecified atom stereocenters. The predicted molar refractivity (Wildman–Crippen MR) is 65.9 cm³/mol. The summed E-state index contributed by atoms with van der Waals surface area (Å²) in [5, 5.41) is 0.618. The number of halogens is 1. The molecule has 0 bridgehead atoms. The topological polar surface area (TPSA) is 29.5 Å². The summed E-state index contributed by atoms with van der Waals surface area (Å²) in [5.74, 6) is 0. The molecule has 1 aromatic rings. The van der Waals surface area contributed by atoms with Crippen LogP contribution < -0.4 is 4.90 Å². The third-order valence-corrected chi connectivity index (χ3v) is 3.64. The molecule has 0 N–H and O–H groups in total. The van der Waals surface area contributed by atoms with Crippen LogP contribution in [0.15, 0.2) is 42.3 Å². The van der Waals surface area contributed by atoms with Gasteiger partial charge in [-0.15, -0.1) is 0 Å². The number of hydrogen-bond donors (Lipinski definition) is 0. The van der Waals surface area contributed by atoms with Crippen molar-refractivity contribution in [3.8, 4) is 0 Å². The quantitative estimate of drug-likeness (QED) is 0.715. The van der Waals surface area contributed by atoms with Crippen LogP contribution in [-0.2, 0) is 15.1 Å². The SMILES string of the molecule is C=C1N(C)c2ccc(Cl)cc2[C@]12OC=C2C=O. The minimum atomic E-state index is -0.823. The summed E-state index contributed by atoms with van der Waals surface area (Å²) >= 11 is 6.01. The van der Waals surface area contributed by atoms with Crippen molar-refractivity contribution in [2.75, 3.05) is 11.9 Å². The standard InChI is InChI=1S/C13H10ClNO2/c1-8-13(9(6-16)7-17-13)11-5-10(14)3-4-12(11)15(8)2/h3-7H,1H2,2H3/t13-/m0/s1. The summed E-state index contributed by atoms with van der Waals surface area (Å²) in [6, 6.07) is 5.54. The number of carbonyl (C=O) groups excluding carboxylic acids is 1. The molecule has 1 aromatic carbocycles. The average Bonchev–Trinajstić information content (AvgIpc) is 2.49. The predicted octanol–water partition coefficient (Wildman–Crippen LogP) is 2.61. The van der Waals surface area contributed by atoms with Crippen LogP contribution in [0.25, 0.3) is 0 Å². The first-order valence-corrected chi connectivity index (χ1v) is 5.56. The van der Waals surface area contributed by atoms with Crippen LogP contribution in [-0.4, -0.2) is 13.3 Å². The Balaban J connectivity index is 2.28. The summed E-state index contributed by atoms with van der Waals surface area (Å²) in [7, 11) is 1.90. The third-order valence-electron chi connectivity index (χ3n) is 3.41. The molecule has 3 rings (SSSR count). The van der Waals surface area contributed by atoms with Gasteiger partial charge in [-0.1, -0.05) is 18.2 Å². The Morgan fingerprint density at radius 3 is 2.88 bits per heavy atom. The summed E-state index contributed by atoms with van der Waals surface area (Å²) < 4.78 is 5.55. The van der Waals surface area contributed by atoms with E-state index in [4.69, 9.17) is 16.3 Å². The molecule has 0 saturated carbocycles. The highest BCUT2D eigenvalue weighted by Crippen LogP contribution is 2.55. The minimum absolute atomic E-state index is 0.579. The number of fused-ring (bicyclic) bond motifs is 2. The number of aldehydes is 1. The van der Waals surface area contributed by atoms with Crippen molar-refractivity contribution in [2.45, 2.75) is 5.60 Å². The molecule has 0 aromatic heterocycles. The van der Waals surface area contributed by atoms with Gasteiger partial charge in [0.2, 0.25) is 5.60 Å². The molecule has 86 valence electrons. The maximum absolute atomic E-state index is 11.1. The fraction of sp³-hybridized carbons (Fsp3) is 0.154. The Labute approximate surface area is 104 Å². The van der Waals surface area contributed by atoms with Crippen LogP contribution in [0.3, 0.4) is 0 Å². The molecule has 2 aliphatic heterocycles. The van der Waals surface area contributed by atoms with Gasteiger partial charge in [0.1, 0.15) is 0 Å². The number of anilines is 1. The number of likely N-dealkylation sites (N-methyl/N-ethyl adjacent to an activating group) is 1. The summed E-state index contributed by atoms with van der Waals surface area (Å²) in [6.07, 6.45) is 2.26. The van der Waals surface area contributed by atoms with Gasteiger partial charge in [-0.2, -0.15) is 0 Å². The second-order valence-corrected chi connectivity index (χ2v) is 4.59. The lowest BCUT2D eigenvalue weighted by molar-refractivity contribution is -0.109. The highest BCUT2D eigenvalue weighted by molar-refractivity contribution is 6.30. The zero-order chi connectivity index (χ0) is 12.2. The lowest BCUT2D eigenvalue weighted by Crippen LogP contribution is -2.39. The van der Waals surface area contributed by atoms with Crippen molar-refractivity contribution in [1.82, 2.24) is 0 Å². The van der Waals surface area contributed by atoms with Crippen LogP contribution in [0.5, 0.6) is 0 Å².